The molecule has 0 aliphatic heterocycles. The molecule has 0 spiro atoms. The number of aromatic nitrogens is 3. The van der Waals surface area contributed by atoms with E-state index in [0.29, 0.717) is 17.5 Å². The molecule has 0 saturated heterocycles. The molecule has 0 N–H and O–H groups in total. The van der Waals surface area contributed by atoms with E-state index in [0.717, 1.165) is 31.5 Å². The zero-order valence-corrected chi connectivity index (χ0v) is 19.9. The zero-order valence-electron chi connectivity index (χ0n) is 17.5. The van der Waals surface area contributed by atoms with E-state index < -0.39 is 0 Å². The van der Waals surface area contributed by atoms with Gasteiger partial charge in [0, 0.05) is 16.1 Å². The highest BCUT2D eigenvalue weighted by atomic mass is 35.5. The van der Waals surface area contributed by atoms with Gasteiger partial charge in [0.25, 0.3) is 0 Å². The molecule has 1 aliphatic carbocycles. The normalized spacial score (nSPS) is 15.2. The number of nitrogens with zero attached hydrogens (tertiary/aromatic N) is 4. The van der Waals surface area contributed by atoms with E-state index in [1.54, 1.807) is 11.3 Å². The van der Waals surface area contributed by atoms with Crippen LogP contribution < -0.4 is 0 Å². The van der Waals surface area contributed by atoms with E-state index in [1.165, 1.54) is 32.1 Å². The lowest BCUT2D eigenvalue weighted by Crippen LogP contribution is -2.35. The Labute approximate surface area is 196 Å². The van der Waals surface area contributed by atoms with E-state index in [1.807, 2.05) is 35.0 Å². The lowest BCUT2D eigenvalue weighted by Gasteiger charge is -2.30. The fourth-order valence-corrected chi connectivity index (χ4v) is 6.24. The number of para-hydroxylation sites is 1. The molecule has 7 heteroatoms. The van der Waals surface area contributed by atoms with Crippen LogP contribution in [0.2, 0.25) is 5.02 Å². The van der Waals surface area contributed by atoms with E-state index in [9.17, 15) is 0 Å². The Morgan fingerprint density at radius 2 is 1.77 bits per heavy atom. The molecule has 2 aromatic carbocycles. The summed E-state index contributed by atoms with van der Waals surface area (Å²) in [4.78, 5) is 3.35. The van der Waals surface area contributed by atoms with Gasteiger partial charge in [0.1, 0.15) is 0 Å². The first-order valence-corrected chi connectivity index (χ1v) is 12.4. The smallest absolute Gasteiger partial charge is 0.204 e. The van der Waals surface area contributed by atoms with Crippen LogP contribution in [0.15, 0.2) is 54.6 Å². The Kier molecular flexibility index (Phi) is 5.97. The molecule has 0 atom stereocenters. The second kappa shape index (κ2) is 8.87. The van der Waals surface area contributed by atoms with Gasteiger partial charge in [-0.3, -0.25) is 9.47 Å². The van der Waals surface area contributed by atoms with Crippen molar-refractivity contribution in [2.45, 2.75) is 44.8 Å². The summed E-state index contributed by atoms with van der Waals surface area (Å²) in [5.74, 6) is 0.805. The van der Waals surface area contributed by atoms with Crippen molar-refractivity contribution < 1.29 is 0 Å². The second-order valence-corrected chi connectivity index (χ2v) is 10.0. The number of hydrogen-bond donors (Lipinski definition) is 0. The van der Waals surface area contributed by atoms with Gasteiger partial charge in [-0.15, -0.1) is 16.4 Å². The minimum Gasteiger partial charge on any atom is -0.284 e. The van der Waals surface area contributed by atoms with Gasteiger partial charge >= 0.3 is 0 Å². The van der Waals surface area contributed by atoms with Crippen LogP contribution in [-0.4, -0.2) is 32.3 Å². The van der Waals surface area contributed by atoms with Crippen molar-refractivity contribution in [3.63, 3.8) is 0 Å². The molecule has 2 heterocycles. The summed E-state index contributed by atoms with van der Waals surface area (Å²) in [7, 11) is 2.19. The highest BCUT2D eigenvalue weighted by Gasteiger charge is 2.23. The fraction of sp³-hybridized carbons (Fsp3) is 0.333. The first-order valence-electron chi connectivity index (χ1n) is 10.8. The van der Waals surface area contributed by atoms with Crippen LogP contribution in [0.5, 0.6) is 0 Å². The number of halogens is 1. The zero-order chi connectivity index (χ0) is 21.4. The van der Waals surface area contributed by atoms with Gasteiger partial charge in [0.2, 0.25) is 4.77 Å². The van der Waals surface area contributed by atoms with E-state index >= 15 is 0 Å². The molecule has 0 bridgehead atoms. The Morgan fingerprint density at radius 3 is 2.52 bits per heavy atom. The fourth-order valence-electron chi connectivity index (χ4n) is 4.46. The van der Waals surface area contributed by atoms with Crippen LogP contribution >= 0.6 is 35.2 Å². The molecular formula is C24H25ClN4S2. The lowest BCUT2D eigenvalue weighted by atomic mass is 9.95. The monoisotopic (exact) mass is 468 g/mol. The molecule has 31 heavy (non-hydrogen) atoms. The molecule has 1 saturated carbocycles. The number of fused-ring (bicyclic) bond motifs is 1. The maximum absolute atomic E-state index is 6.84. The number of thiophene rings is 1. The Morgan fingerprint density at radius 1 is 1.06 bits per heavy atom. The van der Waals surface area contributed by atoms with Gasteiger partial charge in [-0.25, -0.2) is 4.68 Å². The van der Waals surface area contributed by atoms with Crippen molar-refractivity contribution in [2.75, 3.05) is 7.05 Å². The predicted molar refractivity (Wildman–Crippen MR) is 133 cm³/mol. The first kappa shape index (κ1) is 20.9. The van der Waals surface area contributed by atoms with Crippen LogP contribution in [0.1, 0.15) is 32.1 Å². The average molecular weight is 469 g/mol. The molecule has 4 nitrogen and oxygen atoms in total. The molecular weight excluding hydrogens is 444 g/mol. The van der Waals surface area contributed by atoms with Crippen LogP contribution in [0.25, 0.3) is 26.5 Å². The summed E-state index contributed by atoms with van der Waals surface area (Å²) in [6.45, 7) is 0.679. The topological polar surface area (TPSA) is 26.0 Å². The van der Waals surface area contributed by atoms with Gasteiger partial charge in [0.05, 0.1) is 22.3 Å². The largest absolute Gasteiger partial charge is 0.284 e. The summed E-state index contributed by atoms with van der Waals surface area (Å²) in [6.07, 6.45) is 6.46. The van der Waals surface area contributed by atoms with Gasteiger partial charge in [0.15, 0.2) is 5.82 Å². The minimum atomic E-state index is 0.592. The van der Waals surface area contributed by atoms with Crippen LogP contribution in [0, 0.1) is 4.77 Å². The maximum atomic E-state index is 6.84. The third-order valence-electron chi connectivity index (χ3n) is 6.15. The van der Waals surface area contributed by atoms with E-state index in [2.05, 4.69) is 40.8 Å². The molecule has 0 unspecified atom stereocenters. The van der Waals surface area contributed by atoms with Crippen molar-refractivity contribution in [1.29, 1.82) is 0 Å². The third kappa shape index (κ3) is 3.98. The first-order chi connectivity index (χ1) is 15.1. The average Bonchev–Trinajstić information content (AvgIpc) is 3.32. The quantitative estimate of drug-likeness (QED) is 0.290. The van der Waals surface area contributed by atoms with E-state index in [4.69, 9.17) is 28.9 Å². The molecule has 160 valence electrons. The summed E-state index contributed by atoms with van der Waals surface area (Å²) >= 11 is 14.4. The maximum Gasteiger partial charge on any atom is 0.204 e. The molecule has 4 aromatic rings. The summed E-state index contributed by atoms with van der Waals surface area (Å²) in [5.41, 5.74) is 1.00. The summed E-state index contributed by atoms with van der Waals surface area (Å²) in [6, 6.07) is 19.0. The van der Waals surface area contributed by atoms with Crippen molar-refractivity contribution in [2.24, 2.45) is 0 Å². The molecule has 0 radical (unpaired) electrons. The van der Waals surface area contributed by atoms with Crippen molar-refractivity contribution in [3.05, 3.63) is 64.4 Å². The molecule has 5 rings (SSSR count). The van der Waals surface area contributed by atoms with Gasteiger partial charge in [-0.1, -0.05) is 67.3 Å². The van der Waals surface area contributed by atoms with Crippen molar-refractivity contribution >= 4 is 45.2 Å². The Balaban J connectivity index is 1.62. The highest BCUT2D eigenvalue weighted by Crippen LogP contribution is 2.42. The lowest BCUT2D eigenvalue weighted by molar-refractivity contribution is 0.145. The van der Waals surface area contributed by atoms with Crippen molar-refractivity contribution in [3.8, 4) is 16.4 Å². The SMILES string of the molecule is CN(Cn1nc(-c2sc3ccccc3c2Cl)n(-c2ccccc2)c1=S)C1CCCCC1. The van der Waals surface area contributed by atoms with Crippen LogP contribution in [-0.2, 0) is 6.67 Å². The molecule has 2 aromatic heterocycles. The summed E-state index contributed by atoms with van der Waals surface area (Å²) in [5, 5.41) is 6.81. The van der Waals surface area contributed by atoms with Gasteiger partial charge in [-0.05, 0) is 50.3 Å². The minimum absolute atomic E-state index is 0.592. The Hall–Kier alpha value is -1.99. The number of rotatable bonds is 5. The second-order valence-electron chi connectivity index (χ2n) is 8.21. The number of hydrogen-bond acceptors (Lipinski definition) is 4. The van der Waals surface area contributed by atoms with E-state index in [-0.39, 0.29) is 0 Å². The number of benzene rings is 2. The van der Waals surface area contributed by atoms with Crippen LogP contribution in [0.3, 0.4) is 0 Å². The standard InChI is InChI=1S/C24H25ClN4S2/c1-27(17-10-4-2-5-11-17)16-28-24(30)29(18-12-6-3-7-13-18)23(26-28)22-21(25)19-14-8-9-15-20(19)31-22/h3,6-9,12-15,17H,2,4-5,10-11,16H2,1H3. The van der Waals surface area contributed by atoms with Crippen LogP contribution in [0.4, 0.5) is 0 Å². The molecule has 0 amide bonds. The molecule has 1 aliphatic rings. The highest BCUT2D eigenvalue weighted by molar-refractivity contribution is 7.71. The molecule has 1 fully saturated rings. The van der Waals surface area contributed by atoms with Gasteiger partial charge in [-0.2, -0.15) is 0 Å². The summed E-state index contributed by atoms with van der Waals surface area (Å²) < 4.78 is 5.85. The van der Waals surface area contributed by atoms with Gasteiger partial charge < -0.3 is 0 Å². The predicted octanol–water partition coefficient (Wildman–Crippen LogP) is 7.16. The Bertz CT molecular complexity index is 1250. The third-order valence-corrected chi connectivity index (χ3v) is 8.21. The van der Waals surface area contributed by atoms with Crippen molar-refractivity contribution in [1.82, 2.24) is 19.2 Å².